The van der Waals surface area contributed by atoms with E-state index in [-0.39, 0.29) is 0 Å². The molecule has 3 heteroatoms. The number of ether oxygens (including phenoxy) is 1. The molecule has 3 nitrogen and oxygen atoms in total. The first kappa shape index (κ1) is 14.6. The third-order valence-corrected chi connectivity index (χ3v) is 5.12. The van der Waals surface area contributed by atoms with Gasteiger partial charge in [0.2, 0.25) is 0 Å². The molecule has 2 fully saturated rings. The fourth-order valence-electron chi connectivity index (χ4n) is 3.93. The first-order valence-corrected chi connectivity index (χ1v) is 8.52. The van der Waals surface area contributed by atoms with Gasteiger partial charge in [0.1, 0.15) is 5.75 Å². The average molecular weight is 288 g/mol. The van der Waals surface area contributed by atoms with E-state index in [1.165, 1.54) is 75.7 Å². The minimum absolute atomic E-state index is 0.684. The monoisotopic (exact) mass is 288 g/mol. The smallest absolute Gasteiger partial charge is 0.143 e. The Labute approximate surface area is 128 Å². The van der Waals surface area contributed by atoms with Crippen LogP contribution in [0.2, 0.25) is 0 Å². The maximum absolute atomic E-state index is 6.19. The van der Waals surface area contributed by atoms with Crippen LogP contribution in [0.5, 0.6) is 5.75 Å². The van der Waals surface area contributed by atoms with Gasteiger partial charge in [0.25, 0.3) is 0 Å². The van der Waals surface area contributed by atoms with Crippen LogP contribution in [0.15, 0.2) is 12.1 Å². The summed E-state index contributed by atoms with van der Waals surface area (Å²) in [4.78, 5) is 2.55. The molecule has 1 heterocycles. The summed E-state index contributed by atoms with van der Waals surface area (Å²) in [5, 5.41) is 0. The van der Waals surface area contributed by atoms with Gasteiger partial charge in [0.05, 0.1) is 12.8 Å². The van der Waals surface area contributed by atoms with Crippen LogP contribution in [0.1, 0.15) is 62.8 Å². The van der Waals surface area contributed by atoms with Gasteiger partial charge in [0.15, 0.2) is 0 Å². The largest absolute Gasteiger partial charge is 0.495 e. The van der Waals surface area contributed by atoms with E-state index in [2.05, 4.69) is 17.0 Å². The third-order valence-electron chi connectivity index (χ3n) is 5.12. The number of nitrogens with two attached hydrogens (primary N) is 1. The summed E-state index contributed by atoms with van der Waals surface area (Å²) in [5.41, 5.74) is 9.83. The van der Waals surface area contributed by atoms with Crippen molar-refractivity contribution in [2.45, 2.75) is 57.3 Å². The van der Waals surface area contributed by atoms with E-state index in [4.69, 9.17) is 10.5 Å². The third kappa shape index (κ3) is 3.12. The SMILES string of the molecule is COc1cc(N2CCCCC2)c(C2CCCCC2)cc1N. The summed E-state index contributed by atoms with van der Waals surface area (Å²) >= 11 is 0. The molecule has 1 saturated carbocycles. The Balaban J connectivity index is 1.96. The predicted octanol–water partition coefficient (Wildman–Crippen LogP) is 4.32. The Morgan fingerprint density at radius 1 is 1.00 bits per heavy atom. The summed E-state index contributed by atoms with van der Waals surface area (Å²) in [6.07, 6.45) is 10.7. The number of hydrogen-bond donors (Lipinski definition) is 1. The Kier molecular flexibility index (Phi) is 4.57. The average Bonchev–Trinajstić information content (AvgIpc) is 2.56. The van der Waals surface area contributed by atoms with Gasteiger partial charge in [-0.1, -0.05) is 19.3 Å². The van der Waals surface area contributed by atoms with Crippen molar-refractivity contribution in [3.05, 3.63) is 17.7 Å². The second-order valence-electron chi connectivity index (χ2n) is 6.54. The zero-order valence-corrected chi connectivity index (χ0v) is 13.2. The van der Waals surface area contributed by atoms with Crippen molar-refractivity contribution in [2.75, 3.05) is 30.8 Å². The zero-order valence-electron chi connectivity index (χ0n) is 13.2. The van der Waals surface area contributed by atoms with Crippen molar-refractivity contribution in [1.82, 2.24) is 0 Å². The van der Waals surface area contributed by atoms with Crippen molar-refractivity contribution in [3.8, 4) is 5.75 Å². The van der Waals surface area contributed by atoms with Gasteiger partial charge in [-0.05, 0) is 49.7 Å². The Morgan fingerprint density at radius 3 is 2.33 bits per heavy atom. The number of piperidine rings is 1. The molecule has 0 unspecified atom stereocenters. The second kappa shape index (κ2) is 6.59. The highest BCUT2D eigenvalue weighted by atomic mass is 16.5. The lowest BCUT2D eigenvalue weighted by Crippen LogP contribution is -2.30. The van der Waals surface area contributed by atoms with Gasteiger partial charge >= 0.3 is 0 Å². The Morgan fingerprint density at radius 2 is 1.67 bits per heavy atom. The number of nitrogen functional groups attached to an aromatic ring is 1. The van der Waals surface area contributed by atoms with Crippen LogP contribution in [0.25, 0.3) is 0 Å². The minimum atomic E-state index is 0.684. The summed E-state index contributed by atoms with van der Waals surface area (Å²) in [6.45, 7) is 2.35. The summed E-state index contributed by atoms with van der Waals surface area (Å²) < 4.78 is 5.47. The first-order chi connectivity index (χ1) is 10.3. The van der Waals surface area contributed by atoms with Crippen molar-refractivity contribution < 1.29 is 4.74 Å². The molecule has 0 atom stereocenters. The van der Waals surface area contributed by atoms with E-state index < -0.39 is 0 Å². The summed E-state index contributed by atoms with van der Waals surface area (Å²) in [5.74, 6) is 1.51. The van der Waals surface area contributed by atoms with Crippen LogP contribution in [0.3, 0.4) is 0 Å². The maximum Gasteiger partial charge on any atom is 0.143 e. The predicted molar refractivity (Wildman–Crippen MR) is 89.3 cm³/mol. The van der Waals surface area contributed by atoms with Gasteiger partial charge in [-0.15, -0.1) is 0 Å². The topological polar surface area (TPSA) is 38.5 Å². The molecule has 1 saturated heterocycles. The van der Waals surface area contributed by atoms with Gasteiger partial charge in [-0.25, -0.2) is 0 Å². The van der Waals surface area contributed by atoms with Crippen molar-refractivity contribution in [3.63, 3.8) is 0 Å². The lowest BCUT2D eigenvalue weighted by atomic mass is 9.82. The summed E-state index contributed by atoms with van der Waals surface area (Å²) in [6, 6.07) is 4.38. The van der Waals surface area contributed by atoms with E-state index in [1.807, 2.05) is 0 Å². The van der Waals surface area contributed by atoms with E-state index in [9.17, 15) is 0 Å². The van der Waals surface area contributed by atoms with Crippen LogP contribution in [-0.2, 0) is 0 Å². The minimum Gasteiger partial charge on any atom is -0.495 e. The Bertz CT molecular complexity index is 474. The fourth-order valence-corrected chi connectivity index (χ4v) is 3.93. The first-order valence-electron chi connectivity index (χ1n) is 8.52. The van der Waals surface area contributed by atoms with Crippen molar-refractivity contribution in [1.29, 1.82) is 0 Å². The Hall–Kier alpha value is -1.38. The van der Waals surface area contributed by atoms with E-state index >= 15 is 0 Å². The van der Waals surface area contributed by atoms with Gasteiger partial charge in [-0.2, -0.15) is 0 Å². The molecule has 116 valence electrons. The molecule has 1 aromatic rings. The number of rotatable bonds is 3. The second-order valence-corrected chi connectivity index (χ2v) is 6.54. The highest BCUT2D eigenvalue weighted by molar-refractivity contribution is 5.68. The van der Waals surface area contributed by atoms with Crippen LogP contribution in [0.4, 0.5) is 11.4 Å². The van der Waals surface area contributed by atoms with Crippen LogP contribution in [-0.4, -0.2) is 20.2 Å². The molecule has 0 bridgehead atoms. The molecule has 21 heavy (non-hydrogen) atoms. The summed E-state index contributed by atoms with van der Waals surface area (Å²) in [7, 11) is 1.71. The fraction of sp³-hybridized carbons (Fsp3) is 0.667. The number of benzene rings is 1. The normalized spacial score (nSPS) is 20.5. The number of anilines is 2. The van der Waals surface area contributed by atoms with Crippen LogP contribution >= 0.6 is 0 Å². The number of hydrogen-bond acceptors (Lipinski definition) is 3. The van der Waals surface area contributed by atoms with Crippen LogP contribution in [0, 0.1) is 0 Å². The van der Waals surface area contributed by atoms with Gasteiger partial charge in [0, 0.05) is 24.8 Å². The van der Waals surface area contributed by atoms with Crippen LogP contribution < -0.4 is 15.4 Å². The molecule has 3 rings (SSSR count). The van der Waals surface area contributed by atoms with Gasteiger partial charge in [-0.3, -0.25) is 0 Å². The maximum atomic E-state index is 6.19. The molecule has 1 aliphatic carbocycles. The lowest BCUT2D eigenvalue weighted by Gasteiger charge is -2.34. The molecule has 1 aliphatic heterocycles. The van der Waals surface area contributed by atoms with Crippen molar-refractivity contribution in [2.24, 2.45) is 0 Å². The van der Waals surface area contributed by atoms with E-state index in [0.29, 0.717) is 5.92 Å². The molecule has 0 amide bonds. The molecule has 0 aromatic heterocycles. The molecular weight excluding hydrogens is 260 g/mol. The highest BCUT2D eigenvalue weighted by Crippen LogP contribution is 2.42. The molecule has 0 spiro atoms. The number of methoxy groups -OCH3 is 1. The standard InChI is InChI=1S/C18H28N2O/c1-21-18-13-17(20-10-6-3-7-11-20)15(12-16(18)19)14-8-4-2-5-9-14/h12-14H,2-11,19H2,1H3. The van der Waals surface area contributed by atoms with Gasteiger partial charge < -0.3 is 15.4 Å². The zero-order chi connectivity index (χ0) is 14.7. The molecule has 2 aliphatic rings. The highest BCUT2D eigenvalue weighted by Gasteiger charge is 2.23. The van der Waals surface area contributed by atoms with E-state index in [0.717, 1.165) is 11.4 Å². The lowest BCUT2D eigenvalue weighted by molar-refractivity contribution is 0.415. The molecule has 2 N–H and O–H groups in total. The van der Waals surface area contributed by atoms with Crippen molar-refractivity contribution >= 4 is 11.4 Å². The molecular formula is C18H28N2O. The molecule has 1 aromatic carbocycles. The van der Waals surface area contributed by atoms with E-state index in [1.54, 1.807) is 7.11 Å². The number of nitrogens with zero attached hydrogens (tertiary/aromatic N) is 1. The quantitative estimate of drug-likeness (QED) is 0.842. The molecule has 0 radical (unpaired) electrons.